The Balaban J connectivity index is 1.38. The predicted octanol–water partition coefficient (Wildman–Crippen LogP) is 6.77. The van der Waals surface area contributed by atoms with Crippen LogP contribution in [0.25, 0.3) is 0 Å². The third kappa shape index (κ3) is 6.63. The van der Waals surface area contributed by atoms with Crippen LogP contribution in [-0.4, -0.2) is 58.3 Å². The minimum absolute atomic E-state index is 0.0961. The van der Waals surface area contributed by atoms with E-state index in [-0.39, 0.29) is 6.03 Å². The Morgan fingerprint density at radius 1 is 1.03 bits per heavy atom. The number of rotatable bonds is 7. The molecular formula is C25H42N4OS2. The summed E-state index contributed by atoms with van der Waals surface area (Å²) in [5.74, 6) is 1.90. The Bertz CT molecular complexity index is 718. The number of amides is 2. The number of anilines is 1. The van der Waals surface area contributed by atoms with Crippen LogP contribution in [0.15, 0.2) is 4.21 Å². The van der Waals surface area contributed by atoms with Gasteiger partial charge in [0.15, 0.2) is 5.13 Å². The number of thioether (sulfide) groups is 1. The summed E-state index contributed by atoms with van der Waals surface area (Å²) < 4.78 is 1.26. The Kier molecular flexibility index (Phi) is 9.18. The highest BCUT2D eigenvalue weighted by Gasteiger charge is 2.33. The molecule has 4 rings (SSSR count). The lowest BCUT2D eigenvalue weighted by Gasteiger charge is -2.40. The van der Waals surface area contributed by atoms with Crippen molar-refractivity contribution in [3.63, 3.8) is 0 Å². The number of aryl methyl sites for hydroxylation is 1. The van der Waals surface area contributed by atoms with Crippen molar-refractivity contribution in [2.75, 3.05) is 30.7 Å². The topological polar surface area (TPSA) is 48.5 Å². The number of nitrogens with zero attached hydrogens (tertiary/aromatic N) is 3. The second kappa shape index (κ2) is 12.1. The maximum Gasteiger partial charge on any atom is 0.324 e. The molecule has 2 saturated carbocycles. The fraction of sp³-hybridized carbons (Fsp3) is 0.840. The summed E-state index contributed by atoms with van der Waals surface area (Å²) in [5, 5.41) is 4.01. The molecule has 2 amide bonds. The summed E-state index contributed by atoms with van der Waals surface area (Å²) in [6, 6.07) is 0.884. The van der Waals surface area contributed by atoms with Gasteiger partial charge in [0.25, 0.3) is 0 Å². The molecule has 1 N–H and O–H groups in total. The van der Waals surface area contributed by atoms with Gasteiger partial charge in [0.05, 0.1) is 9.90 Å². The molecule has 1 aromatic heterocycles. The first-order chi connectivity index (χ1) is 15.6. The zero-order valence-corrected chi connectivity index (χ0v) is 21.7. The summed E-state index contributed by atoms with van der Waals surface area (Å²) in [7, 11) is 0. The minimum Gasteiger partial charge on any atom is -0.319 e. The monoisotopic (exact) mass is 478 g/mol. The van der Waals surface area contributed by atoms with E-state index in [1.54, 1.807) is 11.3 Å². The van der Waals surface area contributed by atoms with E-state index in [0.29, 0.717) is 12.1 Å². The Morgan fingerprint density at radius 2 is 1.69 bits per heavy atom. The normalized spacial score (nSPS) is 25.6. The predicted molar refractivity (Wildman–Crippen MR) is 137 cm³/mol. The lowest BCUT2D eigenvalue weighted by atomic mass is 9.85. The van der Waals surface area contributed by atoms with Crippen LogP contribution in [0.3, 0.4) is 0 Å². The maximum absolute atomic E-state index is 13.6. The standard InChI is InChI=1S/C25H42N4OS2/c1-19-11-13-22(14-12-19)29(21-9-5-3-4-6-10-21)25(30)27-24-26-20(2)23(32-24)31-18-17-28-15-7-8-16-28/h19,21-22H,3-18H2,1-2H3,(H,26,27,30)/t19-,22-. The second-order valence-electron chi connectivity index (χ2n) is 10.2. The number of aromatic nitrogens is 1. The van der Waals surface area contributed by atoms with E-state index in [1.165, 1.54) is 68.7 Å². The number of urea groups is 1. The zero-order valence-electron chi connectivity index (χ0n) is 20.1. The number of hydrogen-bond donors (Lipinski definition) is 1. The molecule has 0 bridgehead atoms. The first kappa shape index (κ1) is 24.3. The Morgan fingerprint density at radius 3 is 2.38 bits per heavy atom. The van der Waals surface area contributed by atoms with Crippen LogP contribution in [0.5, 0.6) is 0 Å². The molecule has 180 valence electrons. The lowest BCUT2D eigenvalue weighted by Crippen LogP contribution is -2.50. The van der Waals surface area contributed by atoms with E-state index in [9.17, 15) is 4.79 Å². The summed E-state index contributed by atoms with van der Waals surface area (Å²) in [6.07, 6.45) is 15.0. The average Bonchev–Trinajstić information content (AvgIpc) is 3.32. The third-order valence-corrected chi connectivity index (χ3v) is 10.1. The van der Waals surface area contributed by atoms with Crippen molar-refractivity contribution in [1.82, 2.24) is 14.8 Å². The molecule has 32 heavy (non-hydrogen) atoms. The van der Waals surface area contributed by atoms with Crippen molar-refractivity contribution in [3.05, 3.63) is 5.69 Å². The highest BCUT2D eigenvalue weighted by atomic mass is 32.2. The van der Waals surface area contributed by atoms with E-state index >= 15 is 0 Å². The first-order valence-corrected chi connectivity index (χ1v) is 14.8. The van der Waals surface area contributed by atoms with Crippen molar-refractivity contribution in [2.24, 2.45) is 5.92 Å². The van der Waals surface area contributed by atoms with Crippen molar-refractivity contribution < 1.29 is 4.79 Å². The van der Waals surface area contributed by atoms with Gasteiger partial charge in [-0.3, -0.25) is 5.32 Å². The molecule has 0 aromatic carbocycles. The number of hydrogen-bond acceptors (Lipinski definition) is 5. The molecule has 0 atom stereocenters. The largest absolute Gasteiger partial charge is 0.324 e. The molecule has 1 aromatic rings. The smallest absolute Gasteiger partial charge is 0.319 e. The van der Waals surface area contributed by atoms with E-state index in [4.69, 9.17) is 4.98 Å². The summed E-state index contributed by atoms with van der Waals surface area (Å²) >= 11 is 3.56. The molecule has 0 spiro atoms. The zero-order chi connectivity index (χ0) is 22.3. The molecular weight excluding hydrogens is 436 g/mol. The molecule has 1 saturated heterocycles. The molecule has 2 aliphatic carbocycles. The van der Waals surface area contributed by atoms with Gasteiger partial charge in [-0.05, 0) is 77.3 Å². The van der Waals surface area contributed by atoms with Gasteiger partial charge >= 0.3 is 6.03 Å². The van der Waals surface area contributed by atoms with Gasteiger partial charge in [-0.1, -0.05) is 43.9 Å². The van der Waals surface area contributed by atoms with Crippen molar-refractivity contribution in [3.8, 4) is 0 Å². The van der Waals surface area contributed by atoms with Gasteiger partial charge in [0.2, 0.25) is 0 Å². The molecule has 3 fully saturated rings. The fourth-order valence-electron chi connectivity index (χ4n) is 5.69. The van der Waals surface area contributed by atoms with Crippen LogP contribution < -0.4 is 5.32 Å². The third-order valence-electron chi connectivity index (χ3n) is 7.64. The van der Waals surface area contributed by atoms with E-state index in [1.807, 2.05) is 11.8 Å². The molecule has 0 unspecified atom stereocenters. The van der Waals surface area contributed by atoms with Gasteiger partial charge in [-0.2, -0.15) is 0 Å². The average molecular weight is 479 g/mol. The number of thiazole rings is 1. The summed E-state index contributed by atoms with van der Waals surface area (Å²) in [5.41, 5.74) is 1.06. The first-order valence-electron chi connectivity index (χ1n) is 13.0. The van der Waals surface area contributed by atoms with Crippen LogP contribution >= 0.6 is 23.1 Å². The molecule has 5 nitrogen and oxygen atoms in total. The number of carbonyl (C=O) groups is 1. The van der Waals surface area contributed by atoms with Crippen molar-refractivity contribution in [1.29, 1.82) is 0 Å². The molecule has 3 aliphatic rings. The van der Waals surface area contributed by atoms with Gasteiger partial charge in [0, 0.05) is 24.4 Å². The SMILES string of the molecule is Cc1nc(NC(=O)N(C2CCCCCC2)[C@H]2CC[C@H](C)CC2)sc1SCCN1CCCC1. The number of nitrogens with one attached hydrogen (secondary N) is 1. The van der Waals surface area contributed by atoms with Gasteiger partial charge in [0.1, 0.15) is 0 Å². The minimum atomic E-state index is 0.0961. The molecule has 0 radical (unpaired) electrons. The highest BCUT2D eigenvalue weighted by Crippen LogP contribution is 2.35. The van der Waals surface area contributed by atoms with Gasteiger partial charge in [-0.25, -0.2) is 9.78 Å². The Hall–Kier alpha value is -0.790. The van der Waals surface area contributed by atoms with Crippen LogP contribution in [0.4, 0.5) is 9.93 Å². The Labute approximate surface area is 203 Å². The van der Waals surface area contributed by atoms with Gasteiger partial charge in [-0.15, -0.1) is 11.8 Å². The van der Waals surface area contributed by atoms with Crippen molar-refractivity contribution in [2.45, 2.75) is 107 Å². The van der Waals surface area contributed by atoms with Crippen LogP contribution in [-0.2, 0) is 0 Å². The van der Waals surface area contributed by atoms with Crippen molar-refractivity contribution >= 4 is 34.3 Å². The number of likely N-dealkylation sites (tertiary alicyclic amines) is 1. The summed E-state index contributed by atoms with van der Waals surface area (Å²) in [6.45, 7) is 8.09. The van der Waals surface area contributed by atoms with E-state index in [2.05, 4.69) is 29.0 Å². The van der Waals surface area contributed by atoms with E-state index in [0.717, 1.165) is 54.7 Å². The van der Waals surface area contributed by atoms with Crippen LogP contribution in [0.1, 0.15) is 89.7 Å². The summed E-state index contributed by atoms with van der Waals surface area (Å²) in [4.78, 5) is 23.1. The molecule has 7 heteroatoms. The van der Waals surface area contributed by atoms with Crippen LogP contribution in [0.2, 0.25) is 0 Å². The highest BCUT2D eigenvalue weighted by molar-refractivity contribution is 8.01. The quantitative estimate of drug-likeness (QED) is 0.347. The fourth-order valence-corrected chi connectivity index (χ4v) is 7.89. The molecule has 2 heterocycles. The molecule has 1 aliphatic heterocycles. The van der Waals surface area contributed by atoms with E-state index < -0.39 is 0 Å². The number of carbonyl (C=O) groups excluding carboxylic acids is 1. The maximum atomic E-state index is 13.6. The second-order valence-corrected chi connectivity index (χ2v) is 12.5. The van der Waals surface area contributed by atoms with Crippen LogP contribution in [0, 0.1) is 12.8 Å². The van der Waals surface area contributed by atoms with Gasteiger partial charge < -0.3 is 9.80 Å². The lowest BCUT2D eigenvalue weighted by molar-refractivity contribution is 0.116.